The molecule has 0 unspecified atom stereocenters. The average molecular weight is 322 g/mol. The second kappa shape index (κ2) is 6.65. The van der Waals surface area contributed by atoms with Crippen LogP contribution < -0.4 is 19.5 Å². The largest absolute Gasteiger partial charge is 0.493 e. The second-order valence-electron chi connectivity index (χ2n) is 4.53. The van der Waals surface area contributed by atoms with Gasteiger partial charge in [0.25, 0.3) is 5.91 Å². The first kappa shape index (κ1) is 16.1. The van der Waals surface area contributed by atoms with Gasteiger partial charge in [0, 0.05) is 10.4 Å². The summed E-state index contributed by atoms with van der Waals surface area (Å²) in [5, 5.41) is 3.34. The molecular formula is C15H18N2O4S. The number of thiazole rings is 1. The Morgan fingerprint density at radius 3 is 2.09 bits per heavy atom. The summed E-state index contributed by atoms with van der Waals surface area (Å²) in [5.74, 6) is 1.02. The molecule has 0 aliphatic rings. The molecule has 0 spiro atoms. The molecule has 0 aliphatic carbocycles. The Labute approximate surface area is 133 Å². The van der Waals surface area contributed by atoms with Gasteiger partial charge in [-0.15, -0.1) is 11.3 Å². The van der Waals surface area contributed by atoms with E-state index in [0.29, 0.717) is 27.9 Å². The summed E-state index contributed by atoms with van der Waals surface area (Å²) in [6, 6.07) is 3.20. The van der Waals surface area contributed by atoms with E-state index < -0.39 is 0 Å². The van der Waals surface area contributed by atoms with Gasteiger partial charge in [-0.1, -0.05) is 0 Å². The number of benzene rings is 1. The maximum atomic E-state index is 12.4. The number of aryl methyl sites for hydroxylation is 2. The predicted molar refractivity (Wildman–Crippen MR) is 85.6 cm³/mol. The van der Waals surface area contributed by atoms with Crippen molar-refractivity contribution in [2.24, 2.45) is 0 Å². The molecule has 0 bridgehead atoms. The number of amides is 1. The van der Waals surface area contributed by atoms with E-state index in [-0.39, 0.29) is 5.91 Å². The van der Waals surface area contributed by atoms with Crippen molar-refractivity contribution in [3.63, 3.8) is 0 Å². The van der Waals surface area contributed by atoms with Gasteiger partial charge in [-0.05, 0) is 26.0 Å². The SMILES string of the molecule is COc1cc(C(=O)Nc2nc(C)c(C)s2)cc(OC)c1OC. The molecule has 1 amide bonds. The molecule has 0 aliphatic heterocycles. The first-order valence-electron chi connectivity index (χ1n) is 6.55. The van der Waals surface area contributed by atoms with E-state index >= 15 is 0 Å². The molecule has 2 aromatic rings. The minimum absolute atomic E-state index is 0.284. The fourth-order valence-electron chi connectivity index (χ4n) is 1.91. The Morgan fingerprint density at radius 2 is 1.68 bits per heavy atom. The molecule has 7 heteroatoms. The highest BCUT2D eigenvalue weighted by atomic mass is 32.1. The number of methoxy groups -OCH3 is 3. The van der Waals surface area contributed by atoms with Crippen LogP contribution in [0.15, 0.2) is 12.1 Å². The molecule has 1 aromatic heterocycles. The van der Waals surface area contributed by atoms with E-state index in [0.717, 1.165) is 10.6 Å². The maximum Gasteiger partial charge on any atom is 0.257 e. The molecule has 2 rings (SSSR count). The zero-order chi connectivity index (χ0) is 16.3. The third kappa shape index (κ3) is 3.14. The predicted octanol–water partition coefficient (Wildman–Crippen LogP) is 3.04. The summed E-state index contributed by atoms with van der Waals surface area (Å²) in [5.41, 5.74) is 1.31. The quantitative estimate of drug-likeness (QED) is 0.916. The van der Waals surface area contributed by atoms with Crippen molar-refractivity contribution in [3.8, 4) is 17.2 Å². The third-order valence-electron chi connectivity index (χ3n) is 3.18. The van der Waals surface area contributed by atoms with Crippen LogP contribution in [0.2, 0.25) is 0 Å². The van der Waals surface area contributed by atoms with E-state index in [1.165, 1.54) is 32.7 Å². The van der Waals surface area contributed by atoms with Crippen LogP contribution in [-0.4, -0.2) is 32.2 Å². The highest BCUT2D eigenvalue weighted by Gasteiger charge is 2.18. The minimum atomic E-state index is -0.284. The number of anilines is 1. The summed E-state index contributed by atoms with van der Waals surface area (Å²) in [4.78, 5) is 17.7. The fraction of sp³-hybridized carbons (Fsp3) is 0.333. The van der Waals surface area contributed by atoms with Gasteiger partial charge in [0.15, 0.2) is 16.6 Å². The summed E-state index contributed by atoms with van der Waals surface area (Å²) in [7, 11) is 4.53. The van der Waals surface area contributed by atoms with Crippen LogP contribution in [0.4, 0.5) is 5.13 Å². The van der Waals surface area contributed by atoms with Gasteiger partial charge in [-0.3, -0.25) is 10.1 Å². The first-order valence-corrected chi connectivity index (χ1v) is 7.37. The van der Waals surface area contributed by atoms with E-state index in [1.54, 1.807) is 12.1 Å². The fourth-order valence-corrected chi connectivity index (χ4v) is 2.72. The molecule has 6 nitrogen and oxygen atoms in total. The molecule has 1 aromatic carbocycles. The standard InChI is InChI=1S/C15H18N2O4S/c1-8-9(2)22-15(16-8)17-14(18)10-6-11(19-3)13(21-5)12(7-10)20-4/h6-7H,1-5H3,(H,16,17,18). The molecule has 118 valence electrons. The summed E-state index contributed by atoms with van der Waals surface area (Å²) >= 11 is 1.43. The Hall–Kier alpha value is -2.28. The van der Waals surface area contributed by atoms with E-state index in [2.05, 4.69) is 10.3 Å². The molecule has 0 atom stereocenters. The number of ether oxygens (including phenoxy) is 3. The van der Waals surface area contributed by atoms with Crippen molar-refractivity contribution in [3.05, 3.63) is 28.3 Å². The first-order chi connectivity index (χ1) is 10.5. The highest BCUT2D eigenvalue weighted by molar-refractivity contribution is 7.15. The van der Waals surface area contributed by atoms with E-state index in [4.69, 9.17) is 14.2 Å². The topological polar surface area (TPSA) is 69.7 Å². The molecule has 0 radical (unpaired) electrons. The third-order valence-corrected chi connectivity index (χ3v) is 4.16. The van der Waals surface area contributed by atoms with Crippen molar-refractivity contribution >= 4 is 22.4 Å². The van der Waals surface area contributed by atoms with Gasteiger partial charge in [0.1, 0.15) is 0 Å². The zero-order valence-corrected chi connectivity index (χ0v) is 14.0. The van der Waals surface area contributed by atoms with Crippen molar-refractivity contribution in [2.75, 3.05) is 26.6 Å². The molecule has 0 saturated carbocycles. The van der Waals surface area contributed by atoms with Crippen molar-refractivity contribution in [1.82, 2.24) is 4.98 Å². The molecule has 1 heterocycles. The Morgan fingerprint density at radius 1 is 1.09 bits per heavy atom. The van der Waals surface area contributed by atoms with Gasteiger partial charge in [-0.25, -0.2) is 4.98 Å². The van der Waals surface area contributed by atoms with Crippen molar-refractivity contribution < 1.29 is 19.0 Å². The Bertz CT molecular complexity index is 652. The van der Waals surface area contributed by atoms with Crippen molar-refractivity contribution in [1.29, 1.82) is 0 Å². The lowest BCUT2D eigenvalue weighted by Crippen LogP contribution is -2.12. The van der Waals surface area contributed by atoms with Crippen LogP contribution >= 0.6 is 11.3 Å². The lowest BCUT2D eigenvalue weighted by atomic mass is 10.1. The number of nitrogens with zero attached hydrogens (tertiary/aromatic N) is 1. The van der Waals surface area contributed by atoms with Crippen molar-refractivity contribution in [2.45, 2.75) is 13.8 Å². The van der Waals surface area contributed by atoms with Gasteiger partial charge in [0.05, 0.1) is 27.0 Å². The zero-order valence-electron chi connectivity index (χ0n) is 13.1. The minimum Gasteiger partial charge on any atom is -0.493 e. The monoisotopic (exact) mass is 322 g/mol. The molecule has 0 saturated heterocycles. The highest BCUT2D eigenvalue weighted by Crippen LogP contribution is 2.38. The number of hydrogen-bond donors (Lipinski definition) is 1. The van der Waals surface area contributed by atoms with Gasteiger partial charge < -0.3 is 14.2 Å². The number of rotatable bonds is 5. The average Bonchev–Trinajstić information content (AvgIpc) is 2.83. The summed E-state index contributed by atoms with van der Waals surface area (Å²) in [6.07, 6.45) is 0. The van der Waals surface area contributed by atoms with Crippen LogP contribution in [0, 0.1) is 13.8 Å². The lowest BCUT2D eigenvalue weighted by Gasteiger charge is -2.13. The Balaban J connectivity index is 2.33. The van der Waals surface area contributed by atoms with Crippen LogP contribution in [-0.2, 0) is 0 Å². The van der Waals surface area contributed by atoms with Crippen LogP contribution in [0.3, 0.4) is 0 Å². The Kier molecular flexibility index (Phi) is 4.87. The number of aromatic nitrogens is 1. The van der Waals surface area contributed by atoms with Gasteiger partial charge >= 0.3 is 0 Å². The van der Waals surface area contributed by atoms with Crippen LogP contribution in [0.1, 0.15) is 20.9 Å². The molecule has 1 N–H and O–H groups in total. The van der Waals surface area contributed by atoms with E-state index in [9.17, 15) is 4.79 Å². The molecule has 22 heavy (non-hydrogen) atoms. The normalized spacial score (nSPS) is 10.2. The smallest absolute Gasteiger partial charge is 0.257 e. The van der Waals surface area contributed by atoms with Crippen LogP contribution in [0.5, 0.6) is 17.2 Å². The molecular weight excluding hydrogens is 304 g/mol. The lowest BCUT2D eigenvalue weighted by molar-refractivity contribution is 0.102. The number of carbonyl (C=O) groups is 1. The summed E-state index contributed by atoms with van der Waals surface area (Å²) < 4.78 is 15.7. The van der Waals surface area contributed by atoms with E-state index in [1.807, 2.05) is 13.8 Å². The summed E-state index contributed by atoms with van der Waals surface area (Å²) in [6.45, 7) is 3.86. The molecule has 0 fully saturated rings. The van der Waals surface area contributed by atoms with Gasteiger partial charge in [0.2, 0.25) is 5.75 Å². The maximum absolute atomic E-state index is 12.4. The van der Waals surface area contributed by atoms with Gasteiger partial charge in [-0.2, -0.15) is 0 Å². The second-order valence-corrected chi connectivity index (χ2v) is 5.73. The number of carbonyl (C=O) groups excluding carboxylic acids is 1. The number of hydrogen-bond acceptors (Lipinski definition) is 6. The number of nitrogens with one attached hydrogen (secondary N) is 1. The van der Waals surface area contributed by atoms with Crippen LogP contribution in [0.25, 0.3) is 0 Å².